The van der Waals surface area contributed by atoms with Gasteiger partial charge in [0, 0.05) is 45.1 Å². The Balaban J connectivity index is 1.60. The minimum absolute atomic E-state index is 0.136. The Hall–Kier alpha value is -3.82. The minimum atomic E-state index is -1.66. The smallest absolute Gasteiger partial charge is 0.261 e. The Labute approximate surface area is 226 Å². The first-order valence-electron chi connectivity index (χ1n) is 12.4. The molecular weight excluding hydrogens is 518 g/mol. The van der Waals surface area contributed by atoms with Crippen LogP contribution in [0.2, 0.25) is 19.6 Å². The summed E-state index contributed by atoms with van der Waals surface area (Å²) in [4.78, 5) is 46.1. The van der Waals surface area contributed by atoms with Crippen LogP contribution in [0, 0.1) is 11.5 Å². The summed E-state index contributed by atoms with van der Waals surface area (Å²) in [6.07, 6.45) is 3.77. The van der Waals surface area contributed by atoms with Crippen LogP contribution in [0.1, 0.15) is 58.3 Å². The van der Waals surface area contributed by atoms with Gasteiger partial charge in [-0.3, -0.25) is 14.4 Å². The van der Waals surface area contributed by atoms with E-state index in [4.69, 9.17) is 4.98 Å². The summed E-state index contributed by atoms with van der Waals surface area (Å²) in [5.74, 6) is 4.52. The first-order valence-corrected chi connectivity index (χ1v) is 16.7. The Morgan fingerprint density at radius 3 is 2.53 bits per heavy atom. The molecule has 0 bridgehead atoms. The van der Waals surface area contributed by atoms with Gasteiger partial charge in [0.25, 0.3) is 5.91 Å². The zero-order valence-corrected chi connectivity index (χ0v) is 24.0. The number of carbonyl (C=O) groups excluding carboxylic acids is 3. The van der Waals surface area contributed by atoms with Gasteiger partial charge in [0.1, 0.15) is 8.07 Å². The average molecular weight is 550 g/mol. The highest BCUT2D eigenvalue weighted by Gasteiger charge is 2.29. The summed E-state index contributed by atoms with van der Waals surface area (Å²) >= 11 is 1.27. The van der Waals surface area contributed by atoms with Crippen LogP contribution in [0.25, 0.3) is 10.7 Å². The predicted molar refractivity (Wildman–Crippen MR) is 150 cm³/mol. The third kappa shape index (κ3) is 7.14. The maximum Gasteiger partial charge on any atom is 0.261 e. The van der Waals surface area contributed by atoms with Crippen molar-refractivity contribution in [2.24, 2.45) is 0 Å². The van der Waals surface area contributed by atoms with Crippen LogP contribution < -0.4 is 16.0 Å². The zero-order chi connectivity index (χ0) is 27.4. The van der Waals surface area contributed by atoms with E-state index in [1.165, 1.54) is 29.9 Å². The molecule has 1 aliphatic rings. The van der Waals surface area contributed by atoms with Gasteiger partial charge in [-0.15, -0.1) is 22.0 Å². The standard InChI is InChI=1S/C26H31N7O3SSi/c1-16(34)27-11-12-28-26(36)22-9-8-21(37-22)25-29-15-19(10-13-38(3,4)5)24(31-25)30-23-14-20(18-6-7-18)33(32-23)17(2)35/h8-9,14-15,18H,6-7,11-12H2,1-5H3,(H,27,34)(H,28,36)(H,29,30,31,32). The van der Waals surface area contributed by atoms with E-state index in [2.05, 4.69) is 57.1 Å². The molecule has 1 fully saturated rings. The summed E-state index contributed by atoms with van der Waals surface area (Å²) in [7, 11) is -1.66. The second kappa shape index (κ2) is 11.3. The molecule has 3 heterocycles. The van der Waals surface area contributed by atoms with Crippen molar-refractivity contribution in [1.82, 2.24) is 30.4 Å². The van der Waals surface area contributed by atoms with Crippen molar-refractivity contribution in [3.8, 4) is 22.2 Å². The maximum atomic E-state index is 12.5. The minimum Gasteiger partial charge on any atom is -0.355 e. The molecule has 2 amide bonds. The largest absolute Gasteiger partial charge is 0.355 e. The van der Waals surface area contributed by atoms with Crippen molar-refractivity contribution >= 4 is 48.8 Å². The van der Waals surface area contributed by atoms with E-state index in [9.17, 15) is 14.4 Å². The Morgan fingerprint density at radius 1 is 1.13 bits per heavy atom. The van der Waals surface area contributed by atoms with Crippen LogP contribution in [-0.4, -0.2) is 58.6 Å². The van der Waals surface area contributed by atoms with Gasteiger partial charge < -0.3 is 16.0 Å². The fourth-order valence-electron chi connectivity index (χ4n) is 3.52. The molecule has 1 aliphatic carbocycles. The van der Waals surface area contributed by atoms with E-state index in [0.29, 0.717) is 46.9 Å². The second-order valence-electron chi connectivity index (χ2n) is 10.1. The van der Waals surface area contributed by atoms with E-state index in [-0.39, 0.29) is 17.7 Å². The number of anilines is 2. The SMILES string of the molecule is CC(=O)NCCNC(=O)c1ccc(-c2ncc(C#C[Si](C)(C)C)c(Nc3cc(C4CC4)n(C(C)=O)n3)n2)s1. The van der Waals surface area contributed by atoms with Crippen molar-refractivity contribution < 1.29 is 14.4 Å². The van der Waals surface area contributed by atoms with Crippen LogP contribution >= 0.6 is 11.3 Å². The quantitative estimate of drug-likeness (QED) is 0.221. The van der Waals surface area contributed by atoms with Crippen molar-refractivity contribution in [3.63, 3.8) is 0 Å². The van der Waals surface area contributed by atoms with E-state index < -0.39 is 8.07 Å². The van der Waals surface area contributed by atoms with Gasteiger partial charge >= 0.3 is 0 Å². The lowest BCUT2D eigenvalue weighted by Crippen LogP contribution is -2.33. The molecule has 198 valence electrons. The highest BCUT2D eigenvalue weighted by atomic mass is 32.1. The number of thiophene rings is 1. The Kier molecular flexibility index (Phi) is 8.08. The molecular formula is C26H31N7O3SSi. The summed E-state index contributed by atoms with van der Waals surface area (Å²) < 4.78 is 1.45. The van der Waals surface area contributed by atoms with E-state index >= 15 is 0 Å². The molecule has 4 rings (SSSR count). The normalized spacial score (nSPS) is 12.9. The lowest BCUT2D eigenvalue weighted by molar-refractivity contribution is -0.118. The zero-order valence-electron chi connectivity index (χ0n) is 22.1. The van der Waals surface area contributed by atoms with Crippen molar-refractivity contribution in [2.75, 3.05) is 18.4 Å². The molecule has 0 radical (unpaired) electrons. The first kappa shape index (κ1) is 27.2. The van der Waals surface area contributed by atoms with E-state index in [1.54, 1.807) is 18.3 Å². The van der Waals surface area contributed by atoms with Gasteiger partial charge in [0.15, 0.2) is 17.5 Å². The third-order valence-electron chi connectivity index (χ3n) is 5.47. The van der Waals surface area contributed by atoms with Gasteiger partial charge in [-0.2, -0.15) is 0 Å². The topological polar surface area (TPSA) is 131 Å². The van der Waals surface area contributed by atoms with Crippen LogP contribution in [0.15, 0.2) is 24.4 Å². The maximum absolute atomic E-state index is 12.5. The van der Waals surface area contributed by atoms with Crippen LogP contribution in [0.3, 0.4) is 0 Å². The van der Waals surface area contributed by atoms with Crippen LogP contribution in [-0.2, 0) is 4.79 Å². The lowest BCUT2D eigenvalue weighted by Gasteiger charge is -2.08. The van der Waals surface area contributed by atoms with Gasteiger partial charge in [-0.05, 0) is 25.0 Å². The number of nitrogens with one attached hydrogen (secondary N) is 3. The Morgan fingerprint density at radius 2 is 1.87 bits per heavy atom. The summed E-state index contributed by atoms with van der Waals surface area (Å²) in [5, 5.41) is 13.2. The van der Waals surface area contributed by atoms with Gasteiger partial charge in [-0.25, -0.2) is 14.6 Å². The first-order chi connectivity index (χ1) is 18.0. The number of aromatic nitrogens is 4. The number of hydrogen-bond donors (Lipinski definition) is 3. The van der Waals surface area contributed by atoms with E-state index in [1.807, 2.05) is 6.07 Å². The highest BCUT2D eigenvalue weighted by Crippen LogP contribution is 2.41. The summed E-state index contributed by atoms with van der Waals surface area (Å²) in [6.45, 7) is 10.1. The molecule has 3 aromatic heterocycles. The molecule has 0 spiro atoms. The molecule has 3 N–H and O–H groups in total. The average Bonchev–Trinajstić information content (AvgIpc) is 3.40. The number of amides is 2. The van der Waals surface area contributed by atoms with Crippen molar-refractivity contribution in [2.45, 2.75) is 52.2 Å². The van der Waals surface area contributed by atoms with E-state index in [0.717, 1.165) is 23.4 Å². The monoisotopic (exact) mass is 549 g/mol. The molecule has 0 aromatic carbocycles. The molecule has 0 unspecified atom stereocenters. The molecule has 0 atom stereocenters. The molecule has 10 nitrogen and oxygen atoms in total. The molecule has 38 heavy (non-hydrogen) atoms. The second-order valence-corrected chi connectivity index (χ2v) is 16.0. The molecule has 3 aromatic rings. The predicted octanol–water partition coefficient (Wildman–Crippen LogP) is 3.78. The fraction of sp³-hybridized carbons (Fsp3) is 0.385. The number of rotatable bonds is 8. The van der Waals surface area contributed by atoms with Crippen molar-refractivity contribution in [3.05, 3.63) is 40.5 Å². The summed E-state index contributed by atoms with van der Waals surface area (Å²) in [5.41, 5.74) is 4.88. The molecule has 12 heteroatoms. The summed E-state index contributed by atoms with van der Waals surface area (Å²) in [6, 6.07) is 5.42. The molecule has 0 saturated heterocycles. The van der Waals surface area contributed by atoms with Gasteiger partial charge in [0.05, 0.1) is 21.0 Å². The fourth-order valence-corrected chi connectivity index (χ4v) is 4.90. The number of hydrogen-bond acceptors (Lipinski definition) is 8. The lowest BCUT2D eigenvalue weighted by atomic mass is 10.2. The number of nitrogens with zero attached hydrogens (tertiary/aromatic N) is 4. The number of carbonyl (C=O) groups is 3. The van der Waals surface area contributed by atoms with Gasteiger partial charge in [-0.1, -0.05) is 25.6 Å². The highest BCUT2D eigenvalue weighted by molar-refractivity contribution is 7.17. The Bertz CT molecular complexity index is 1440. The third-order valence-corrected chi connectivity index (χ3v) is 7.43. The van der Waals surface area contributed by atoms with Crippen LogP contribution in [0.4, 0.5) is 11.6 Å². The van der Waals surface area contributed by atoms with Gasteiger partial charge in [0.2, 0.25) is 11.8 Å². The van der Waals surface area contributed by atoms with Crippen molar-refractivity contribution in [1.29, 1.82) is 0 Å². The van der Waals surface area contributed by atoms with Crippen LogP contribution in [0.5, 0.6) is 0 Å². The molecule has 1 saturated carbocycles. The molecule has 0 aliphatic heterocycles.